The Labute approximate surface area is 241 Å². The minimum atomic E-state index is -0.994. The van der Waals surface area contributed by atoms with E-state index in [-0.39, 0.29) is 30.0 Å². The summed E-state index contributed by atoms with van der Waals surface area (Å²) in [4.78, 5) is 43.1. The molecule has 1 aliphatic rings. The van der Waals surface area contributed by atoms with E-state index in [1.165, 1.54) is 12.1 Å². The van der Waals surface area contributed by atoms with Gasteiger partial charge in [0.05, 0.1) is 0 Å². The molecule has 1 fully saturated rings. The summed E-state index contributed by atoms with van der Waals surface area (Å²) in [7, 11) is 0. The van der Waals surface area contributed by atoms with Crippen LogP contribution in [0.15, 0.2) is 78.9 Å². The van der Waals surface area contributed by atoms with Crippen molar-refractivity contribution in [3.05, 3.63) is 95.6 Å². The Kier molecular flexibility index (Phi) is 9.32. The first-order valence-corrected chi connectivity index (χ1v) is 14.0. The van der Waals surface area contributed by atoms with Gasteiger partial charge in [-0.3, -0.25) is 9.59 Å². The minimum absolute atomic E-state index is 0.0573. The highest BCUT2D eigenvalue weighted by molar-refractivity contribution is 5.99. The molecule has 2 unspecified atom stereocenters. The van der Waals surface area contributed by atoms with E-state index in [1.54, 1.807) is 37.8 Å². The molecule has 41 heavy (non-hydrogen) atoms. The van der Waals surface area contributed by atoms with Crippen LogP contribution in [0.25, 0.3) is 0 Å². The minimum Gasteiger partial charge on any atom is -0.508 e. The summed E-state index contributed by atoms with van der Waals surface area (Å²) < 4.78 is 5.51. The monoisotopic (exact) mass is 557 g/mol. The molecule has 0 radical (unpaired) electrons. The van der Waals surface area contributed by atoms with Gasteiger partial charge in [0.2, 0.25) is 5.91 Å². The van der Waals surface area contributed by atoms with Gasteiger partial charge in [-0.25, -0.2) is 4.79 Å². The second-order valence-electron chi connectivity index (χ2n) is 11.5. The number of phenolic OH excluding ortho intramolecular Hbond substituents is 1. The first-order valence-electron chi connectivity index (χ1n) is 14.0. The summed E-state index contributed by atoms with van der Waals surface area (Å²) in [6.45, 7) is 7.19. The predicted molar refractivity (Wildman–Crippen MR) is 158 cm³/mol. The molecule has 2 atom stereocenters. The topological polar surface area (TPSA) is 108 Å². The molecule has 3 N–H and O–H groups in total. The third-order valence-corrected chi connectivity index (χ3v) is 7.13. The van der Waals surface area contributed by atoms with Gasteiger partial charge >= 0.3 is 6.09 Å². The third kappa shape index (κ3) is 7.87. The molecule has 0 aromatic heterocycles. The van der Waals surface area contributed by atoms with Crippen molar-refractivity contribution in [3.63, 3.8) is 0 Å². The van der Waals surface area contributed by atoms with E-state index < -0.39 is 23.8 Å². The van der Waals surface area contributed by atoms with Gasteiger partial charge < -0.3 is 25.4 Å². The van der Waals surface area contributed by atoms with Crippen LogP contribution in [0.1, 0.15) is 62.8 Å². The van der Waals surface area contributed by atoms with E-state index in [0.29, 0.717) is 11.3 Å². The Morgan fingerprint density at radius 1 is 0.951 bits per heavy atom. The van der Waals surface area contributed by atoms with Gasteiger partial charge in [0, 0.05) is 18.2 Å². The van der Waals surface area contributed by atoms with E-state index >= 15 is 0 Å². The molecule has 0 heterocycles. The molecule has 1 aliphatic carbocycles. The lowest BCUT2D eigenvalue weighted by atomic mass is 9.87. The average molecular weight is 558 g/mol. The number of aromatic hydroxyl groups is 1. The summed E-state index contributed by atoms with van der Waals surface area (Å²) in [5.74, 6) is -0.690. The fourth-order valence-corrected chi connectivity index (χ4v) is 4.87. The van der Waals surface area contributed by atoms with E-state index in [1.807, 2.05) is 61.5 Å². The fraction of sp³-hybridized carbons (Fsp3) is 0.364. The number of ether oxygens (including phenoxy) is 1. The van der Waals surface area contributed by atoms with Crippen molar-refractivity contribution in [2.45, 2.75) is 77.1 Å². The van der Waals surface area contributed by atoms with Gasteiger partial charge in [-0.2, -0.15) is 0 Å². The maximum absolute atomic E-state index is 14.5. The van der Waals surface area contributed by atoms with Crippen LogP contribution >= 0.6 is 0 Å². The number of aryl methyl sites for hydroxylation is 1. The zero-order chi connectivity index (χ0) is 29.6. The molecule has 1 saturated carbocycles. The first-order chi connectivity index (χ1) is 19.5. The summed E-state index contributed by atoms with van der Waals surface area (Å²) in [5, 5.41) is 15.8. The number of carbonyl (C=O) groups excluding carboxylic acids is 3. The molecule has 8 heteroatoms. The summed E-state index contributed by atoms with van der Waals surface area (Å²) in [6.07, 6.45) is 1.93. The molecule has 3 aromatic rings. The highest BCUT2D eigenvalue weighted by Crippen LogP contribution is 2.35. The van der Waals surface area contributed by atoms with E-state index in [0.717, 1.165) is 30.4 Å². The second kappa shape index (κ2) is 12.9. The van der Waals surface area contributed by atoms with Gasteiger partial charge in [0.15, 0.2) is 0 Å². The molecular weight excluding hydrogens is 518 g/mol. The molecule has 0 spiro atoms. The Morgan fingerprint density at radius 2 is 1.59 bits per heavy atom. The lowest BCUT2D eigenvalue weighted by Crippen LogP contribution is -2.57. The number of nitrogens with one attached hydrogen (secondary N) is 2. The number of phenols is 1. The van der Waals surface area contributed by atoms with Gasteiger partial charge in [0.25, 0.3) is 5.91 Å². The Bertz CT molecular complexity index is 1350. The molecule has 216 valence electrons. The largest absolute Gasteiger partial charge is 0.508 e. The fourth-order valence-electron chi connectivity index (χ4n) is 4.87. The van der Waals surface area contributed by atoms with Crippen molar-refractivity contribution in [3.8, 4) is 5.75 Å². The highest BCUT2D eigenvalue weighted by atomic mass is 16.6. The lowest BCUT2D eigenvalue weighted by Gasteiger charge is -2.43. The number of anilines is 1. The van der Waals surface area contributed by atoms with Crippen LogP contribution in [0.2, 0.25) is 0 Å². The Balaban J connectivity index is 1.74. The lowest BCUT2D eigenvalue weighted by molar-refractivity contribution is -0.145. The molecule has 0 bridgehead atoms. The molecule has 3 aromatic carbocycles. The van der Waals surface area contributed by atoms with Crippen LogP contribution in [0, 0.1) is 6.92 Å². The van der Waals surface area contributed by atoms with Crippen molar-refractivity contribution < 1.29 is 24.2 Å². The van der Waals surface area contributed by atoms with Gasteiger partial charge in [0.1, 0.15) is 23.4 Å². The number of rotatable bonds is 9. The second-order valence-corrected chi connectivity index (χ2v) is 11.5. The SMILES string of the molecule is Cc1ccccc1NC(=O)C(c1ccc(O)cc1)N(C(=O)C(Cc1ccccc1)NC(=O)OC(C)(C)C)C1CCC1. The van der Waals surface area contributed by atoms with Gasteiger partial charge in [-0.15, -0.1) is 0 Å². The van der Waals surface area contributed by atoms with Crippen molar-refractivity contribution in [1.82, 2.24) is 10.2 Å². The summed E-state index contributed by atoms with van der Waals surface area (Å²) in [5.41, 5.74) is 2.21. The van der Waals surface area contributed by atoms with Crippen LogP contribution in [-0.4, -0.2) is 45.6 Å². The normalized spacial score (nSPS) is 14.7. The quantitative estimate of drug-likeness (QED) is 0.304. The zero-order valence-electron chi connectivity index (χ0n) is 24.1. The number of alkyl carbamates (subject to hydrolysis) is 1. The average Bonchev–Trinajstić information content (AvgIpc) is 2.88. The van der Waals surface area contributed by atoms with Crippen LogP contribution in [0.5, 0.6) is 5.75 Å². The number of hydrogen-bond acceptors (Lipinski definition) is 5. The van der Waals surface area contributed by atoms with Crippen molar-refractivity contribution in [1.29, 1.82) is 0 Å². The molecule has 4 rings (SSSR count). The summed E-state index contributed by atoms with van der Waals surface area (Å²) >= 11 is 0. The number of nitrogens with zero attached hydrogens (tertiary/aromatic N) is 1. The predicted octanol–water partition coefficient (Wildman–Crippen LogP) is 5.90. The maximum Gasteiger partial charge on any atom is 0.408 e. The highest BCUT2D eigenvalue weighted by Gasteiger charge is 2.42. The smallest absolute Gasteiger partial charge is 0.408 e. The van der Waals surface area contributed by atoms with Crippen LogP contribution in [-0.2, 0) is 20.7 Å². The number of benzene rings is 3. The molecule has 8 nitrogen and oxygen atoms in total. The van der Waals surface area contributed by atoms with Crippen molar-refractivity contribution >= 4 is 23.6 Å². The number of amides is 3. The van der Waals surface area contributed by atoms with Crippen molar-refractivity contribution in [2.24, 2.45) is 0 Å². The summed E-state index contributed by atoms with van der Waals surface area (Å²) in [6, 6.07) is 21.1. The Morgan fingerprint density at radius 3 is 2.17 bits per heavy atom. The molecule has 3 amide bonds. The van der Waals surface area contributed by atoms with Gasteiger partial charge in [-0.05, 0) is 81.8 Å². The molecular formula is C33H39N3O5. The van der Waals surface area contributed by atoms with E-state index in [9.17, 15) is 19.5 Å². The van der Waals surface area contributed by atoms with Crippen LogP contribution in [0.4, 0.5) is 10.5 Å². The number of para-hydroxylation sites is 1. The van der Waals surface area contributed by atoms with Crippen LogP contribution < -0.4 is 10.6 Å². The number of carbonyl (C=O) groups is 3. The molecule has 0 aliphatic heterocycles. The van der Waals surface area contributed by atoms with E-state index in [2.05, 4.69) is 10.6 Å². The third-order valence-electron chi connectivity index (χ3n) is 7.13. The molecule has 0 saturated heterocycles. The maximum atomic E-state index is 14.5. The standard InChI is InChI=1S/C33H39N3O5/c1-22-11-8-9-16-27(22)34-30(38)29(24-17-19-26(37)20-18-24)36(25-14-10-15-25)31(39)28(21-23-12-6-5-7-13-23)35-32(40)41-33(2,3)4/h5-9,11-13,16-20,25,28-29,37H,10,14-15,21H2,1-4H3,(H,34,38)(H,35,40). The zero-order valence-corrected chi connectivity index (χ0v) is 24.1. The first kappa shape index (κ1) is 29.6. The van der Waals surface area contributed by atoms with Gasteiger partial charge in [-0.1, -0.05) is 60.7 Å². The number of hydrogen-bond donors (Lipinski definition) is 3. The van der Waals surface area contributed by atoms with Crippen molar-refractivity contribution in [2.75, 3.05) is 5.32 Å². The van der Waals surface area contributed by atoms with Crippen LogP contribution in [0.3, 0.4) is 0 Å². The van der Waals surface area contributed by atoms with E-state index in [4.69, 9.17) is 4.74 Å². The Hall–Kier alpha value is -4.33.